The highest BCUT2D eigenvalue weighted by molar-refractivity contribution is 7.22. The van der Waals surface area contributed by atoms with Crippen LogP contribution in [0.5, 0.6) is 0 Å². The Morgan fingerprint density at radius 3 is 1.96 bits per heavy atom. The maximum absolute atomic E-state index is 6.19. The van der Waals surface area contributed by atoms with Crippen LogP contribution >= 0.6 is 0 Å². The van der Waals surface area contributed by atoms with Crippen LogP contribution in [0.3, 0.4) is 0 Å². The Labute approximate surface area is 154 Å². The average molecular weight is 375 g/mol. The molecule has 132 valence electrons. The molecule has 0 aliphatic carbocycles. The molecule has 24 heavy (non-hydrogen) atoms. The van der Waals surface area contributed by atoms with Gasteiger partial charge < -0.3 is 4.43 Å². The van der Waals surface area contributed by atoms with Crippen LogP contribution in [-0.4, -0.2) is 24.9 Å². The molecule has 0 saturated heterocycles. The van der Waals surface area contributed by atoms with Crippen molar-refractivity contribution >= 4 is 30.1 Å². The summed E-state index contributed by atoms with van der Waals surface area (Å²) in [5, 5.41) is 1.38. The molecule has 1 aromatic carbocycles. The van der Waals surface area contributed by atoms with E-state index in [2.05, 4.69) is 96.9 Å². The topological polar surface area (TPSA) is 9.23 Å². The average Bonchev–Trinajstić information content (AvgIpc) is 2.51. The van der Waals surface area contributed by atoms with Gasteiger partial charge in [0.1, 0.15) is 5.76 Å². The zero-order chi connectivity index (χ0) is 18.5. The summed E-state index contributed by atoms with van der Waals surface area (Å²) in [5.74, 6) is 0.953. The lowest BCUT2D eigenvalue weighted by molar-refractivity contribution is 0.466. The van der Waals surface area contributed by atoms with Gasteiger partial charge in [-0.05, 0) is 23.2 Å². The Morgan fingerprint density at radius 1 is 0.958 bits per heavy atom. The van der Waals surface area contributed by atoms with E-state index in [9.17, 15) is 0 Å². The number of hydrogen-bond donors (Lipinski definition) is 0. The number of benzene rings is 1. The van der Waals surface area contributed by atoms with E-state index in [4.69, 9.17) is 4.43 Å². The van der Waals surface area contributed by atoms with Crippen molar-refractivity contribution in [1.82, 2.24) is 0 Å². The molecule has 1 aromatic rings. The highest BCUT2D eigenvalue weighted by atomic mass is 29.2. The number of hydrogen-bond acceptors (Lipinski definition) is 1. The maximum Gasteiger partial charge on any atom is 0.289 e. The van der Waals surface area contributed by atoms with Crippen LogP contribution in [0.1, 0.15) is 40.2 Å². The molecule has 1 rings (SSSR count). The number of allylic oxidation sites excluding steroid dienone is 1. The van der Waals surface area contributed by atoms with Gasteiger partial charge >= 0.3 is 0 Å². The molecule has 0 aliphatic heterocycles. The van der Waals surface area contributed by atoms with Gasteiger partial charge in [0.05, 0.1) is 15.7 Å². The second kappa shape index (κ2) is 8.52. The van der Waals surface area contributed by atoms with Crippen molar-refractivity contribution in [2.75, 3.05) is 0 Å². The lowest BCUT2D eigenvalue weighted by atomic mass is 10.2. The van der Waals surface area contributed by atoms with E-state index in [0.717, 1.165) is 11.3 Å². The van der Waals surface area contributed by atoms with Crippen molar-refractivity contribution < 1.29 is 4.43 Å². The predicted molar refractivity (Wildman–Crippen MR) is 115 cm³/mol. The Hall–Kier alpha value is -0.809. The van der Waals surface area contributed by atoms with Gasteiger partial charge in [-0.3, -0.25) is 0 Å². The van der Waals surface area contributed by atoms with Crippen molar-refractivity contribution in [2.45, 2.75) is 71.9 Å². The van der Waals surface area contributed by atoms with Crippen LogP contribution in [0.15, 0.2) is 41.8 Å². The minimum absolute atomic E-state index is 0.596. The van der Waals surface area contributed by atoms with E-state index < -0.39 is 15.7 Å². The van der Waals surface area contributed by atoms with Gasteiger partial charge in [0.25, 0.3) is 9.28 Å². The smallest absolute Gasteiger partial charge is 0.289 e. The van der Waals surface area contributed by atoms with Crippen molar-refractivity contribution in [3.05, 3.63) is 47.4 Å². The van der Waals surface area contributed by atoms with Gasteiger partial charge in [-0.25, -0.2) is 0 Å². The summed E-state index contributed by atoms with van der Waals surface area (Å²) in [6.07, 6.45) is 0. The second-order valence-electron chi connectivity index (χ2n) is 8.38. The largest absolute Gasteiger partial charge is 0.542 e. The third kappa shape index (κ3) is 5.62. The first-order valence-corrected chi connectivity index (χ1v) is 17.0. The first-order chi connectivity index (χ1) is 11.0. The first-order valence-electron chi connectivity index (χ1n) is 8.96. The first kappa shape index (κ1) is 21.2. The van der Waals surface area contributed by atoms with E-state index in [1.54, 1.807) is 0 Å². The summed E-state index contributed by atoms with van der Waals surface area (Å²) >= 11 is 0. The molecule has 0 fully saturated rings. The van der Waals surface area contributed by atoms with Crippen LogP contribution in [0.4, 0.5) is 0 Å². The quantitative estimate of drug-likeness (QED) is 0.301. The lowest BCUT2D eigenvalue weighted by Crippen LogP contribution is -2.39. The summed E-state index contributed by atoms with van der Waals surface area (Å²) in [6, 6.07) is 10.7. The predicted octanol–water partition coefficient (Wildman–Crippen LogP) is 6.48. The Kier molecular flexibility index (Phi) is 7.54. The Morgan fingerprint density at radius 2 is 1.50 bits per heavy atom. The van der Waals surface area contributed by atoms with E-state index in [1.165, 1.54) is 10.8 Å². The number of rotatable bonds is 7. The van der Waals surface area contributed by atoms with Crippen molar-refractivity contribution in [3.8, 4) is 0 Å². The van der Waals surface area contributed by atoms with Crippen LogP contribution in [-0.2, 0) is 4.43 Å². The monoisotopic (exact) mass is 374 g/mol. The van der Waals surface area contributed by atoms with Crippen LogP contribution in [0.2, 0.25) is 37.3 Å². The molecule has 0 heterocycles. The van der Waals surface area contributed by atoms with Gasteiger partial charge in [-0.15, -0.1) is 0 Å². The highest BCUT2D eigenvalue weighted by Gasteiger charge is 2.32. The molecule has 2 radical (unpaired) electrons. The van der Waals surface area contributed by atoms with Gasteiger partial charge in [-0.1, -0.05) is 95.5 Å². The molecular weight excluding hydrogens is 340 g/mol. The van der Waals surface area contributed by atoms with Crippen LogP contribution in [0.25, 0.3) is 5.20 Å². The fourth-order valence-electron chi connectivity index (χ4n) is 2.03. The van der Waals surface area contributed by atoms with Gasteiger partial charge in [0.15, 0.2) is 0 Å². The van der Waals surface area contributed by atoms with Crippen LogP contribution < -0.4 is 0 Å². The summed E-state index contributed by atoms with van der Waals surface area (Å²) in [6.45, 7) is 21.1. The SMILES string of the molecule is CC(=C=C(c1ccccc1)[Si](C)(C)C(C)C)O[Si][Si](C)(C)C(C)C. The molecule has 0 unspecified atom stereocenters. The zero-order valence-corrected chi connectivity index (χ0v) is 19.9. The summed E-state index contributed by atoms with van der Waals surface area (Å²) in [4.78, 5) is 0. The van der Waals surface area contributed by atoms with Crippen molar-refractivity contribution in [1.29, 1.82) is 0 Å². The van der Waals surface area contributed by atoms with Crippen molar-refractivity contribution in [2.24, 2.45) is 0 Å². The molecule has 0 amide bonds. The summed E-state index contributed by atoms with van der Waals surface area (Å²) in [7, 11) is -2.29. The molecule has 0 spiro atoms. The van der Waals surface area contributed by atoms with Gasteiger partial charge in [0.2, 0.25) is 0 Å². The van der Waals surface area contributed by atoms with E-state index in [1.807, 2.05) is 0 Å². The molecule has 0 aliphatic rings. The molecule has 0 aromatic heterocycles. The minimum Gasteiger partial charge on any atom is -0.542 e. The molecular formula is C20H34OSi3. The molecule has 1 nitrogen and oxygen atoms in total. The summed E-state index contributed by atoms with van der Waals surface area (Å²) < 4.78 is 6.19. The third-order valence-electron chi connectivity index (χ3n) is 5.36. The van der Waals surface area contributed by atoms with Gasteiger partial charge in [0, 0.05) is 0 Å². The molecule has 0 N–H and O–H groups in total. The van der Waals surface area contributed by atoms with Gasteiger partial charge in [-0.2, -0.15) is 0 Å². The Balaban J connectivity index is 3.25. The normalized spacial score (nSPS) is 12.3. The Bertz CT molecular complexity index is 595. The van der Waals surface area contributed by atoms with Crippen LogP contribution in [0, 0.1) is 0 Å². The van der Waals surface area contributed by atoms with E-state index >= 15 is 0 Å². The highest BCUT2D eigenvalue weighted by Crippen LogP contribution is 2.34. The van der Waals surface area contributed by atoms with E-state index in [-0.39, 0.29) is 0 Å². The minimum atomic E-state index is -1.59. The second-order valence-corrected chi connectivity index (χ2v) is 23.0. The zero-order valence-electron chi connectivity index (χ0n) is 16.9. The molecule has 0 atom stereocenters. The maximum atomic E-state index is 6.19. The van der Waals surface area contributed by atoms with Crippen molar-refractivity contribution in [3.63, 3.8) is 0 Å². The summed E-state index contributed by atoms with van der Waals surface area (Å²) in [5.41, 5.74) is 6.37. The standard InChI is InChI=1S/C20H34OSi3/c1-16(2)23(6,7)20(19-13-11-10-12-14-19)15-18(5)21-22-24(8,9)17(3)4/h10-14,16-17H,1-9H3. The molecule has 0 saturated carbocycles. The molecule has 4 heteroatoms. The fourth-order valence-corrected chi connectivity index (χ4v) is 6.67. The third-order valence-corrected chi connectivity index (χ3v) is 17.4. The van der Waals surface area contributed by atoms with E-state index in [0.29, 0.717) is 14.8 Å². The lowest BCUT2D eigenvalue weighted by Gasteiger charge is -2.29. The fraction of sp³-hybridized carbons (Fsp3) is 0.550. The molecule has 0 bridgehead atoms.